The van der Waals surface area contributed by atoms with Crippen molar-refractivity contribution in [2.75, 3.05) is 11.4 Å². The summed E-state index contributed by atoms with van der Waals surface area (Å²) in [5.41, 5.74) is 2.77. The molecule has 0 aromatic heterocycles. The molecular weight excluding hydrogens is 387 g/mol. The Bertz CT molecular complexity index is 681. The summed E-state index contributed by atoms with van der Waals surface area (Å²) in [5.74, 6) is 0.143. The fourth-order valence-corrected chi connectivity index (χ4v) is 2.46. The van der Waals surface area contributed by atoms with Crippen LogP contribution in [0.4, 0.5) is 5.69 Å². The Hall–Kier alpha value is -1.29. The zero-order valence-electron chi connectivity index (χ0n) is 15.0. The first-order valence-electron chi connectivity index (χ1n) is 8.18. The van der Waals surface area contributed by atoms with Crippen molar-refractivity contribution in [3.05, 3.63) is 71.8 Å². The van der Waals surface area contributed by atoms with E-state index in [0.717, 1.165) is 16.8 Å². The van der Waals surface area contributed by atoms with Gasteiger partial charge in [-0.1, -0.05) is 38.1 Å². The van der Waals surface area contributed by atoms with Crippen molar-refractivity contribution in [1.29, 1.82) is 0 Å². The maximum absolute atomic E-state index is 12.0. The Morgan fingerprint density at radius 1 is 1.16 bits per heavy atom. The van der Waals surface area contributed by atoms with Crippen molar-refractivity contribution in [3.8, 4) is 0 Å². The minimum atomic E-state index is -0.486. The van der Waals surface area contributed by atoms with Gasteiger partial charge >= 0.3 is 0 Å². The molecule has 2 aromatic carbocycles. The zero-order chi connectivity index (χ0) is 17.5. The van der Waals surface area contributed by atoms with Gasteiger partial charge in [0.25, 0.3) is 0 Å². The normalized spacial score (nSPS) is 12.0. The minimum absolute atomic E-state index is 0. The zero-order valence-corrected chi connectivity index (χ0v) is 17.9. The molecular formula is C21H24NO2Y-. The molecule has 129 valence electrons. The van der Waals surface area contributed by atoms with E-state index in [1.807, 2.05) is 74.5 Å². The number of amides is 1. The van der Waals surface area contributed by atoms with Crippen LogP contribution in [0.25, 0.3) is 6.08 Å². The molecule has 3 nitrogen and oxygen atoms in total. The SMILES string of the molecule is CC(=O)N(C/C=C/c1cc[c-]cc1)c1ccc(C(O)C(C)C)cc1.[Y]. The second-order valence-corrected chi connectivity index (χ2v) is 6.15. The molecule has 0 aliphatic rings. The predicted molar refractivity (Wildman–Crippen MR) is 98.6 cm³/mol. The number of carbonyl (C=O) groups is 1. The van der Waals surface area contributed by atoms with Gasteiger partial charge in [-0.2, -0.15) is 30.3 Å². The van der Waals surface area contributed by atoms with E-state index in [1.165, 1.54) is 0 Å². The minimum Gasteiger partial charge on any atom is -0.388 e. The molecule has 0 spiro atoms. The van der Waals surface area contributed by atoms with E-state index < -0.39 is 6.10 Å². The molecule has 0 aliphatic heterocycles. The fourth-order valence-electron chi connectivity index (χ4n) is 2.46. The van der Waals surface area contributed by atoms with Crippen LogP contribution in [-0.4, -0.2) is 17.6 Å². The summed E-state index contributed by atoms with van der Waals surface area (Å²) >= 11 is 0. The van der Waals surface area contributed by atoms with Gasteiger partial charge in [0.05, 0.1) is 6.10 Å². The van der Waals surface area contributed by atoms with Crippen LogP contribution in [0.3, 0.4) is 0 Å². The molecule has 25 heavy (non-hydrogen) atoms. The van der Waals surface area contributed by atoms with Gasteiger partial charge in [0.2, 0.25) is 5.91 Å². The molecule has 1 atom stereocenters. The van der Waals surface area contributed by atoms with Gasteiger partial charge < -0.3 is 10.0 Å². The van der Waals surface area contributed by atoms with E-state index in [0.29, 0.717) is 6.54 Å². The summed E-state index contributed by atoms with van der Waals surface area (Å²) in [6, 6.07) is 18.2. The topological polar surface area (TPSA) is 40.5 Å². The number of anilines is 1. The second kappa shape index (κ2) is 10.6. The molecule has 2 aromatic rings. The van der Waals surface area contributed by atoms with Crippen LogP contribution in [-0.2, 0) is 37.5 Å². The summed E-state index contributed by atoms with van der Waals surface area (Å²) in [7, 11) is 0. The van der Waals surface area contributed by atoms with Crippen LogP contribution < -0.4 is 4.90 Å². The van der Waals surface area contributed by atoms with E-state index in [1.54, 1.807) is 11.8 Å². The summed E-state index contributed by atoms with van der Waals surface area (Å²) < 4.78 is 0. The third kappa shape index (κ3) is 6.50. The van der Waals surface area contributed by atoms with Crippen molar-refractivity contribution < 1.29 is 42.6 Å². The van der Waals surface area contributed by atoms with Crippen molar-refractivity contribution in [2.45, 2.75) is 26.9 Å². The number of rotatable bonds is 6. The second-order valence-electron chi connectivity index (χ2n) is 6.15. The number of nitrogens with zero attached hydrogens (tertiary/aromatic N) is 1. The fraction of sp³-hybridized carbons (Fsp3) is 0.286. The molecule has 1 amide bonds. The van der Waals surface area contributed by atoms with E-state index in [-0.39, 0.29) is 44.5 Å². The summed E-state index contributed by atoms with van der Waals surface area (Å²) in [4.78, 5) is 13.7. The van der Waals surface area contributed by atoms with Crippen LogP contribution in [0.2, 0.25) is 0 Å². The van der Waals surface area contributed by atoms with Gasteiger partial charge in [0, 0.05) is 51.9 Å². The maximum atomic E-state index is 12.0. The first kappa shape index (κ1) is 21.8. The van der Waals surface area contributed by atoms with E-state index in [2.05, 4.69) is 6.07 Å². The molecule has 4 heteroatoms. The van der Waals surface area contributed by atoms with Gasteiger partial charge in [-0.3, -0.25) is 4.79 Å². The van der Waals surface area contributed by atoms with Gasteiger partial charge in [-0.05, 0) is 23.6 Å². The maximum Gasteiger partial charge on any atom is 0.224 e. The molecule has 0 saturated heterocycles. The third-order valence-electron chi connectivity index (χ3n) is 3.90. The molecule has 1 N–H and O–H groups in total. The van der Waals surface area contributed by atoms with Gasteiger partial charge in [-0.25, -0.2) is 0 Å². The first-order valence-corrected chi connectivity index (χ1v) is 8.18. The summed E-state index contributed by atoms with van der Waals surface area (Å²) in [5, 5.41) is 10.1. The van der Waals surface area contributed by atoms with Crippen LogP contribution in [0.1, 0.15) is 38.0 Å². The van der Waals surface area contributed by atoms with Gasteiger partial charge in [0.1, 0.15) is 0 Å². The molecule has 0 saturated carbocycles. The van der Waals surface area contributed by atoms with Crippen molar-refractivity contribution in [3.63, 3.8) is 0 Å². The Kier molecular flexibility index (Phi) is 9.27. The van der Waals surface area contributed by atoms with E-state index >= 15 is 0 Å². The largest absolute Gasteiger partial charge is 0.388 e. The van der Waals surface area contributed by atoms with Crippen molar-refractivity contribution in [2.24, 2.45) is 5.92 Å². The van der Waals surface area contributed by atoms with Gasteiger partial charge in [-0.15, -0.1) is 5.56 Å². The van der Waals surface area contributed by atoms with Crippen molar-refractivity contribution in [1.82, 2.24) is 0 Å². The molecule has 2 rings (SSSR count). The number of benzene rings is 2. The van der Waals surface area contributed by atoms with E-state index in [4.69, 9.17) is 0 Å². The monoisotopic (exact) mass is 411 g/mol. The standard InChI is InChI=1S/C21H24NO2.Y/c1-16(2)21(24)19-11-13-20(14-12-19)22(17(3)23)15-7-10-18-8-5-4-6-9-18;/h5-14,16,21,24H,15H2,1-3H3;/q-1;/b10-7+;. The Morgan fingerprint density at radius 3 is 2.28 bits per heavy atom. The van der Waals surface area contributed by atoms with Crippen LogP contribution in [0.15, 0.2) is 54.6 Å². The van der Waals surface area contributed by atoms with Crippen LogP contribution >= 0.6 is 0 Å². The van der Waals surface area contributed by atoms with Crippen LogP contribution in [0, 0.1) is 12.0 Å². The third-order valence-corrected chi connectivity index (χ3v) is 3.90. The summed E-state index contributed by atoms with van der Waals surface area (Å²) in [6.07, 6.45) is 3.47. The quantitative estimate of drug-likeness (QED) is 0.723. The summed E-state index contributed by atoms with van der Waals surface area (Å²) in [6.45, 7) is 6.02. The number of hydrogen-bond donors (Lipinski definition) is 1. The predicted octanol–water partition coefficient (Wildman–Crippen LogP) is 4.24. The molecule has 0 fully saturated rings. The van der Waals surface area contributed by atoms with E-state index in [9.17, 15) is 9.90 Å². The number of carbonyl (C=O) groups excluding carboxylic acids is 1. The van der Waals surface area contributed by atoms with Gasteiger partial charge in [0.15, 0.2) is 0 Å². The molecule has 0 aliphatic carbocycles. The Morgan fingerprint density at radius 2 is 1.76 bits per heavy atom. The van der Waals surface area contributed by atoms with Crippen LogP contribution in [0.5, 0.6) is 0 Å². The first-order chi connectivity index (χ1) is 11.5. The molecule has 1 radical (unpaired) electrons. The Balaban J connectivity index is 0.00000312. The molecule has 1 unspecified atom stereocenters. The number of aliphatic hydroxyl groups excluding tert-OH is 1. The molecule has 0 heterocycles. The molecule has 0 bridgehead atoms. The number of aliphatic hydroxyl groups is 1. The number of hydrogen-bond acceptors (Lipinski definition) is 2. The average Bonchev–Trinajstić information content (AvgIpc) is 2.59. The smallest absolute Gasteiger partial charge is 0.224 e. The Labute approximate surface area is 175 Å². The average molecular weight is 411 g/mol. The van der Waals surface area contributed by atoms with Crippen molar-refractivity contribution >= 4 is 17.7 Å².